The monoisotopic (exact) mass is 226 g/mol. The van der Waals surface area contributed by atoms with E-state index in [4.69, 9.17) is 4.74 Å². The van der Waals surface area contributed by atoms with Gasteiger partial charge in [-0.3, -0.25) is 0 Å². The van der Waals surface area contributed by atoms with Gasteiger partial charge in [-0.2, -0.15) is 0 Å². The second-order valence-electron chi connectivity index (χ2n) is 5.14. The van der Waals surface area contributed by atoms with Crippen LogP contribution in [-0.4, -0.2) is 24.9 Å². The first-order chi connectivity index (χ1) is 7.60. The van der Waals surface area contributed by atoms with Gasteiger partial charge in [-0.25, -0.2) is 0 Å². The molecule has 0 amide bonds. The third kappa shape index (κ3) is 3.33. The maximum atomic E-state index is 9.93. The third-order valence-electron chi connectivity index (χ3n) is 3.78. The Balaban J connectivity index is 2.77. The van der Waals surface area contributed by atoms with Crippen molar-refractivity contribution in [1.29, 1.82) is 0 Å². The first kappa shape index (κ1) is 13.7. The summed E-state index contributed by atoms with van der Waals surface area (Å²) in [7, 11) is 1.74. The molecule has 0 saturated heterocycles. The molecule has 1 saturated carbocycles. The summed E-state index contributed by atoms with van der Waals surface area (Å²) in [6.07, 6.45) is 5.44. The van der Waals surface area contributed by atoms with Crippen LogP contribution in [0.25, 0.3) is 0 Å². The zero-order valence-corrected chi connectivity index (χ0v) is 11.1. The lowest BCUT2D eigenvalue weighted by Gasteiger charge is -2.34. The lowest BCUT2D eigenvalue weighted by Crippen LogP contribution is -2.30. The van der Waals surface area contributed by atoms with Crippen LogP contribution in [0.5, 0.6) is 0 Å². The van der Waals surface area contributed by atoms with Crippen molar-refractivity contribution in [2.45, 2.75) is 46.1 Å². The van der Waals surface area contributed by atoms with E-state index in [1.165, 1.54) is 12.0 Å². The molecule has 2 heteroatoms. The van der Waals surface area contributed by atoms with Gasteiger partial charge in [0, 0.05) is 13.0 Å². The van der Waals surface area contributed by atoms with E-state index in [0.29, 0.717) is 17.8 Å². The summed E-state index contributed by atoms with van der Waals surface area (Å²) in [5.41, 5.74) is 1.45. The number of hydrogen-bond donors (Lipinski definition) is 1. The number of hydrogen-bond acceptors (Lipinski definition) is 2. The number of methoxy groups -OCH3 is 1. The fraction of sp³-hybridized carbons (Fsp3) is 0.857. The van der Waals surface area contributed by atoms with Crippen molar-refractivity contribution in [1.82, 2.24) is 0 Å². The van der Waals surface area contributed by atoms with Crippen LogP contribution in [0.3, 0.4) is 0 Å². The second kappa shape index (κ2) is 6.41. The van der Waals surface area contributed by atoms with Crippen LogP contribution in [0.15, 0.2) is 11.6 Å². The van der Waals surface area contributed by atoms with Crippen LogP contribution in [0.4, 0.5) is 0 Å². The third-order valence-corrected chi connectivity index (χ3v) is 3.78. The first-order valence-electron chi connectivity index (χ1n) is 6.48. The molecular formula is C14H26O2. The van der Waals surface area contributed by atoms with Gasteiger partial charge in [0.2, 0.25) is 0 Å². The number of ether oxygens (including phenoxy) is 1. The van der Waals surface area contributed by atoms with E-state index in [1.807, 2.05) is 0 Å². The molecule has 4 unspecified atom stereocenters. The Kier molecular flexibility index (Phi) is 5.50. The van der Waals surface area contributed by atoms with Crippen LogP contribution in [-0.2, 0) is 4.74 Å². The van der Waals surface area contributed by atoms with Crippen molar-refractivity contribution in [3.05, 3.63) is 11.6 Å². The number of aliphatic hydroxyl groups is 1. The molecule has 2 nitrogen and oxygen atoms in total. The fourth-order valence-corrected chi connectivity index (χ4v) is 2.75. The highest BCUT2D eigenvalue weighted by molar-refractivity contribution is 5.15. The molecule has 0 heterocycles. The van der Waals surface area contributed by atoms with E-state index in [0.717, 1.165) is 19.4 Å². The highest BCUT2D eigenvalue weighted by atomic mass is 16.5. The molecule has 0 aliphatic heterocycles. The van der Waals surface area contributed by atoms with Gasteiger partial charge < -0.3 is 9.84 Å². The molecule has 4 atom stereocenters. The molecule has 1 fully saturated rings. The Labute approximate surface area is 99.7 Å². The van der Waals surface area contributed by atoms with Crippen molar-refractivity contribution < 1.29 is 9.84 Å². The Hall–Kier alpha value is -0.340. The summed E-state index contributed by atoms with van der Waals surface area (Å²) in [5, 5.41) is 9.93. The molecule has 1 N–H and O–H groups in total. The zero-order chi connectivity index (χ0) is 12.1. The Morgan fingerprint density at radius 2 is 2.19 bits per heavy atom. The van der Waals surface area contributed by atoms with Crippen molar-refractivity contribution in [3.8, 4) is 0 Å². The average Bonchev–Trinajstić information content (AvgIpc) is 2.25. The predicted octanol–water partition coefficient (Wildman–Crippen LogP) is 3.01. The molecule has 0 aromatic heterocycles. The largest absolute Gasteiger partial charge is 0.393 e. The smallest absolute Gasteiger partial charge is 0.0603 e. The maximum Gasteiger partial charge on any atom is 0.0603 e. The normalized spacial score (nSPS) is 35.3. The van der Waals surface area contributed by atoms with Gasteiger partial charge in [-0.05, 0) is 31.1 Å². The summed E-state index contributed by atoms with van der Waals surface area (Å²) in [5.74, 6) is 1.43. The molecule has 0 spiro atoms. The summed E-state index contributed by atoms with van der Waals surface area (Å²) >= 11 is 0. The van der Waals surface area contributed by atoms with E-state index in [-0.39, 0.29) is 6.10 Å². The molecule has 1 aliphatic carbocycles. The second-order valence-corrected chi connectivity index (χ2v) is 5.14. The Morgan fingerprint density at radius 1 is 1.50 bits per heavy atom. The standard InChI is InChI=1S/C14H26O2/c1-5-12-6-7-14(15)11(3)13(12)8-10(2)9-16-4/h8,10-12,14-15H,5-7,9H2,1-4H3/b13-8+. The van der Waals surface area contributed by atoms with Crippen molar-refractivity contribution >= 4 is 0 Å². The van der Waals surface area contributed by atoms with Gasteiger partial charge in [-0.1, -0.05) is 32.4 Å². The molecule has 16 heavy (non-hydrogen) atoms. The summed E-state index contributed by atoms with van der Waals surface area (Å²) in [4.78, 5) is 0. The van der Waals surface area contributed by atoms with Crippen LogP contribution in [0, 0.1) is 17.8 Å². The van der Waals surface area contributed by atoms with Gasteiger partial charge in [0.05, 0.1) is 12.7 Å². The Morgan fingerprint density at radius 3 is 2.75 bits per heavy atom. The van der Waals surface area contributed by atoms with Gasteiger partial charge in [-0.15, -0.1) is 0 Å². The SMILES string of the molecule is CCC1CCC(O)C(C)/C1=C\C(C)COC. The Bertz CT molecular complexity index is 231. The van der Waals surface area contributed by atoms with E-state index >= 15 is 0 Å². The summed E-state index contributed by atoms with van der Waals surface area (Å²) in [6.45, 7) is 7.33. The molecule has 1 aliphatic rings. The lowest BCUT2D eigenvalue weighted by atomic mass is 9.74. The first-order valence-corrected chi connectivity index (χ1v) is 6.48. The summed E-state index contributed by atoms with van der Waals surface area (Å²) in [6, 6.07) is 0. The maximum absolute atomic E-state index is 9.93. The summed E-state index contributed by atoms with van der Waals surface area (Å²) < 4.78 is 5.17. The fourth-order valence-electron chi connectivity index (χ4n) is 2.75. The van der Waals surface area contributed by atoms with Crippen molar-refractivity contribution in [3.63, 3.8) is 0 Å². The lowest BCUT2D eigenvalue weighted by molar-refractivity contribution is 0.0898. The highest BCUT2D eigenvalue weighted by Crippen LogP contribution is 2.36. The molecule has 1 rings (SSSR count). The number of rotatable bonds is 4. The van der Waals surface area contributed by atoms with Gasteiger partial charge in [0.1, 0.15) is 0 Å². The van der Waals surface area contributed by atoms with Gasteiger partial charge in [0.15, 0.2) is 0 Å². The van der Waals surface area contributed by atoms with Crippen LogP contribution in [0.1, 0.15) is 40.0 Å². The van der Waals surface area contributed by atoms with Crippen molar-refractivity contribution in [2.75, 3.05) is 13.7 Å². The predicted molar refractivity (Wildman–Crippen MR) is 67.3 cm³/mol. The highest BCUT2D eigenvalue weighted by Gasteiger charge is 2.29. The molecule has 0 aromatic rings. The van der Waals surface area contributed by atoms with Crippen LogP contribution in [0.2, 0.25) is 0 Å². The molecule has 0 bridgehead atoms. The van der Waals surface area contributed by atoms with E-state index in [2.05, 4.69) is 26.8 Å². The van der Waals surface area contributed by atoms with Crippen molar-refractivity contribution in [2.24, 2.45) is 17.8 Å². The quantitative estimate of drug-likeness (QED) is 0.747. The molecular weight excluding hydrogens is 200 g/mol. The van der Waals surface area contributed by atoms with Gasteiger partial charge >= 0.3 is 0 Å². The average molecular weight is 226 g/mol. The van der Waals surface area contributed by atoms with Gasteiger partial charge in [0.25, 0.3) is 0 Å². The topological polar surface area (TPSA) is 29.5 Å². The minimum Gasteiger partial charge on any atom is -0.393 e. The zero-order valence-electron chi connectivity index (χ0n) is 11.1. The van der Waals surface area contributed by atoms with E-state index in [1.54, 1.807) is 7.11 Å². The van der Waals surface area contributed by atoms with Crippen LogP contribution < -0.4 is 0 Å². The minimum absolute atomic E-state index is 0.149. The number of aliphatic hydroxyl groups excluding tert-OH is 1. The minimum atomic E-state index is -0.149. The molecule has 94 valence electrons. The van der Waals surface area contributed by atoms with E-state index in [9.17, 15) is 5.11 Å². The van der Waals surface area contributed by atoms with E-state index < -0.39 is 0 Å². The van der Waals surface area contributed by atoms with Crippen LogP contribution >= 0.6 is 0 Å². The molecule has 0 aromatic carbocycles. The molecule has 0 radical (unpaired) electrons.